The van der Waals surface area contributed by atoms with Crippen LogP contribution >= 0.6 is 23.1 Å². The van der Waals surface area contributed by atoms with Crippen molar-refractivity contribution in [2.24, 2.45) is 5.92 Å². The smallest absolute Gasteiger partial charge is 0.257 e. The molecule has 158 valence electrons. The Labute approximate surface area is 180 Å². The number of amides is 1. The lowest BCUT2D eigenvalue weighted by Gasteiger charge is -2.25. The molecule has 1 N–H and O–H groups in total. The third-order valence-electron chi connectivity index (χ3n) is 4.44. The normalized spacial score (nSPS) is 15.6. The van der Waals surface area contributed by atoms with Crippen molar-refractivity contribution in [1.29, 1.82) is 0 Å². The predicted octanol–water partition coefficient (Wildman–Crippen LogP) is 3.85. The summed E-state index contributed by atoms with van der Waals surface area (Å²) in [4.78, 5) is 12.4. The average Bonchev–Trinajstić information content (AvgIpc) is 3.14. The maximum absolute atomic E-state index is 12.5. The van der Waals surface area contributed by atoms with Crippen LogP contribution in [0.15, 0.2) is 28.6 Å². The number of benzene rings is 1. The quantitative estimate of drug-likeness (QED) is 0.481. The fourth-order valence-corrected chi connectivity index (χ4v) is 6.26. The van der Waals surface area contributed by atoms with Crippen LogP contribution in [0.25, 0.3) is 0 Å². The van der Waals surface area contributed by atoms with Crippen molar-refractivity contribution in [2.75, 3.05) is 24.2 Å². The van der Waals surface area contributed by atoms with Gasteiger partial charge in [0.05, 0.1) is 5.75 Å². The number of hydrogen-bond acceptors (Lipinski definition) is 7. The summed E-state index contributed by atoms with van der Waals surface area (Å²) in [6, 6.07) is 6.68. The van der Waals surface area contributed by atoms with E-state index in [0.717, 1.165) is 29.4 Å². The molecule has 0 bridgehead atoms. The van der Waals surface area contributed by atoms with Gasteiger partial charge in [-0.1, -0.05) is 55.5 Å². The number of carbonyl (C=O) groups excluding carboxylic acids is 1. The highest BCUT2D eigenvalue weighted by Gasteiger charge is 2.24. The number of anilines is 1. The van der Waals surface area contributed by atoms with Crippen LogP contribution in [0.2, 0.25) is 0 Å². The van der Waals surface area contributed by atoms with Gasteiger partial charge in [0.15, 0.2) is 4.34 Å². The molecule has 1 aromatic carbocycles. The number of nitrogens with one attached hydrogen (secondary N) is 1. The van der Waals surface area contributed by atoms with E-state index < -0.39 is 10.0 Å². The first-order chi connectivity index (χ1) is 13.8. The monoisotopic (exact) mass is 454 g/mol. The molecular weight excluding hydrogens is 428 g/mol. The lowest BCUT2D eigenvalue weighted by molar-refractivity contribution is 0.102. The molecule has 1 aliphatic rings. The van der Waals surface area contributed by atoms with Crippen LogP contribution in [-0.2, 0) is 15.8 Å². The largest absolute Gasteiger partial charge is 0.296 e. The van der Waals surface area contributed by atoms with E-state index in [4.69, 9.17) is 0 Å². The molecule has 2 heterocycles. The highest BCUT2D eigenvalue weighted by molar-refractivity contribution is 8.01. The number of thioether (sulfide) groups is 1. The van der Waals surface area contributed by atoms with Crippen molar-refractivity contribution in [3.8, 4) is 0 Å². The number of sulfonamides is 1. The van der Waals surface area contributed by atoms with Crippen molar-refractivity contribution in [3.63, 3.8) is 0 Å². The zero-order valence-corrected chi connectivity index (χ0v) is 19.1. The first-order valence-corrected chi connectivity index (χ1v) is 13.1. The molecule has 0 spiro atoms. The molecule has 3 rings (SSSR count). The zero-order chi connectivity index (χ0) is 20.9. The van der Waals surface area contributed by atoms with Crippen molar-refractivity contribution < 1.29 is 13.2 Å². The van der Waals surface area contributed by atoms with E-state index in [1.807, 2.05) is 0 Å². The first-order valence-electron chi connectivity index (χ1n) is 9.68. The molecule has 0 unspecified atom stereocenters. The van der Waals surface area contributed by atoms with Gasteiger partial charge in [0.25, 0.3) is 5.91 Å². The van der Waals surface area contributed by atoms with Crippen molar-refractivity contribution in [2.45, 2.75) is 43.2 Å². The van der Waals surface area contributed by atoms with E-state index in [2.05, 4.69) is 29.4 Å². The van der Waals surface area contributed by atoms with Gasteiger partial charge in [-0.3, -0.25) is 10.1 Å². The molecule has 7 nitrogen and oxygen atoms in total. The van der Waals surface area contributed by atoms with Crippen molar-refractivity contribution in [3.05, 3.63) is 35.4 Å². The SMILES string of the molecule is CC(C)CSc1nnc(NC(=O)c2ccc(CS(=O)(=O)N3CCCCC3)cc2)s1. The number of nitrogens with zero attached hydrogens (tertiary/aromatic N) is 3. The number of aromatic nitrogens is 2. The second-order valence-corrected chi connectivity index (χ2v) is 11.7. The van der Waals surface area contributed by atoms with Gasteiger partial charge >= 0.3 is 0 Å². The van der Waals surface area contributed by atoms with E-state index in [9.17, 15) is 13.2 Å². The minimum atomic E-state index is -3.31. The Morgan fingerprint density at radius 3 is 2.52 bits per heavy atom. The molecule has 10 heteroatoms. The van der Waals surface area contributed by atoms with Gasteiger partial charge in [0.1, 0.15) is 0 Å². The number of rotatable bonds is 8. The van der Waals surface area contributed by atoms with E-state index in [-0.39, 0.29) is 11.7 Å². The molecule has 2 aromatic rings. The first kappa shape index (κ1) is 22.2. The fourth-order valence-electron chi connectivity index (χ4n) is 2.92. The van der Waals surface area contributed by atoms with Gasteiger partial charge in [-0.25, -0.2) is 12.7 Å². The lowest BCUT2D eigenvalue weighted by Crippen LogP contribution is -2.36. The fraction of sp³-hybridized carbons (Fsp3) is 0.526. The van der Waals surface area contributed by atoms with E-state index in [0.29, 0.717) is 35.3 Å². The number of carbonyl (C=O) groups is 1. The van der Waals surface area contributed by atoms with E-state index >= 15 is 0 Å². The zero-order valence-electron chi connectivity index (χ0n) is 16.6. The van der Waals surface area contributed by atoms with Gasteiger partial charge in [-0.2, -0.15) is 0 Å². The minimum absolute atomic E-state index is 0.0399. The second-order valence-electron chi connectivity index (χ2n) is 7.44. The molecule has 1 aromatic heterocycles. The summed E-state index contributed by atoms with van der Waals surface area (Å²) in [6.45, 7) is 5.47. The van der Waals surface area contributed by atoms with Gasteiger partial charge in [-0.05, 0) is 36.5 Å². The maximum atomic E-state index is 12.5. The van der Waals surface area contributed by atoms with Crippen LogP contribution in [0.1, 0.15) is 49.0 Å². The van der Waals surface area contributed by atoms with Crippen LogP contribution in [0.3, 0.4) is 0 Å². The minimum Gasteiger partial charge on any atom is -0.296 e. The Kier molecular flexibility index (Phi) is 7.66. The topological polar surface area (TPSA) is 92.3 Å². The Balaban J connectivity index is 1.57. The molecular formula is C19H26N4O3S3. The summed E-state index contributed by atoms with van der Waals surface area (Å²) in [6.07, 6.45) is 2.92. The van der Waals surface area contributed by atoms with Crippen LogP contribution in [-0.4, -0.2) is 47.7 Å². The summed E-state index contributed by atoms with van der Waals surface area (Å²) in [5, 5.41) is 11.3. The summed E-state index contributed by atoms with van der Waals surface area (Å²) >= 11 is 2.97. The maximum Gasteiger partial charge on any atom is 0.257 e. The highest BCUT2D eigenvalue weighted by atomic mass is 32.2. The Hall–Kier alpha value is -1.49. The van der Waals surface area contributed by atoms with Crippen molar-refractivity contribution in [1.82, 2.24) is 14.5 Å². The molecule has 1 amide bonds. The number of hydrogen-bond donors (Lipinski definition) is 1. The molecule has 29 heavy (non-hydrogen) atoms. The summed E-state index contributed by atoms with van der Waals surface area (Å²) in [5.41, 5.74) is 1.13. The Bertz CT molecular complexity index is 920. The second kappa shape index (κ2) is 10.0. The molecule has 1 saturated heterocycles. The number of piperidine rings is 1. The third kappa shape index (κ3) is 6.50. The van der Waals surface area contributed by atoms with Crippen LogP contribution < -0.4 is 5.32 Å². The lowest BCUT2D eigenvalue weighted by atomic mass is 10.1. The van der Waals surface area contributed by atoms with E-state index in [1.165, 1.54) is 11.3 Å². The highest BCUT2D eigenvalue weighted by Crippen LogP contribution is 2.27. The molecule has 1 aliphatic heterocycles. The molecule has 0 radical (unpaired) electrons. The van der Waals surface area contributed by atoms with Gasteiger partial charge in [0.2, 0.25) is 15.2 Å². The molecule has 0 saturated carbocycles. The van der Waals surface area contributed by atoms with Gasteiger partial charge in [0, 0.05) is 24.4 Å². The summed E-state index contributed by atoms with van der Waals surface area (Å²) in [7, 11) is -3.31. The third-order valence-corrected chi connectivity index (χ3v) is 8.69. The molecule has 0 aliphatic carbocycles. The van der Waals surface area contributed by atoms with E-state index in [1.54, 1.807) is 40.3 Å². The van der Waals surface area contributed by atoms with Crippen LogP contribution in [0, 0.1) is 5.92 Å². The van der Waals surface area contributed by atoms with Crippen molar-refractivity contribution >= 4 is 44.2 Å². The Morgan fingerprint density at radius 1 is 1.17 bits per heavy atom. The standard InChI is InChI=1S/C19H26N4O3S3/c1-14(2)12-27-19-22-21-18(28-19)20-17(24)16-8-6-15(7-9-16)13-29(25,26)23-10-4-3-5-11-23/h6-9,14H,3-5,10-13H2,1-2H3,(H,20,21,24). The summed E-state index contributed by atoms with van der Waals surface area (Å²) in [5.74, 6) is 1.18. The molecule has 0 atom stereocenters. The molecule has 1 fully saturated rings. The van der Waals surface area contributed by atoms with Crippen LogP contribution in [0.4, 0.5) is 5.13 Å². The van der Waals surface area contributed by atoms with Crippen LogP contribution in [0.5, 0.6) is 0 Å². The Morgan fingerprint density at radius 2 is 1.86 bits per heavy atom. The van der Waals surface area contributed by atoms with Gasteiger partial charge < -0.3 is 0 Å². The summed E-state index contributed by atoms with van der Waals surface area (Å²) < 4.78 is 27.5. The average molecular weight is 455 g/mol. The van der Waals surface area contributed by atoms with Gasteiger partial charge in [-0.15, -0.1) is 10.2 Å². The predicted molar refractivity (Wildman–Crippen MR) is 118 cm³/mol.